The van der Waals surface area contributed by atoms with E-state index in [1.807, 2.05) is 12.1 Å². The van der Waals surface area contributed by atoms with E-state index < -0.39 is 0 Å². The third-order valence-corrected chi connectivity index (χ3v) is 5.26. The molecule has 0 amide bonds. The summed E-state index contributed by atoms with van der Waals surface area (Å²) < 4.78 is 6.27. The molecule has 0 fully saturated rings. The Bertz CT molecular complexity index is 987. The molecule has 0 bridgehead atoms. The maximum absolute atomic E-state index is 6.27. The minimum absolute atomic E-state index is 0.0567. The summed E-state index contributed by atoms with van der Waals surface area (Å²) in [5.41, 5.74) is 7.39. The molecule has 3 aromatic carbocycles. The molecule has 5 rings (SSSR count). The minimum atomic E-state index is -0.0567. The smallest absolute Gasteiger partial charge is 0.152 e. The lowest BCUT2D eigenvalue weighted by Crippen LogP contribution is -2.32. The molecule has 0 aromatic heterocycles. The Labute approximate surface area is 142 Å². The molecular formula is C22H19NO. The third kappa shape index (κ3) is 1.60. The van der Waals surface area contributed by atoms with E-state index in [0.29, 0.717) is 0 Å². The van der Waals surface area contributed by atoms with Crippen LogP contribution in [0, 0.1) is 6.92 Å². The second-order valence-corrected chi connectivity index (χ2v) is 7.21. The first-order valence-electron chi connectivity index (χ1n) is 8.39. The maximum Gasteiger partial charge on any atom is 0.152 e. The molecule has 0 saturated heterocycles. The molecule has 0 radical (unpaired) electrons. The van der Waals surface area contributed by atoms with Gasteiger partial charge in [0.25, 0.3) is 0 Å². The van der Waals surface area contributed by atoms with Gasteiger partial charge in [-0.3, -0.25) is 0 Å². The molecule has 3 aromatic rings. The average molecular weight is 313 g/mol. The summed E-state index contributed by atoms with van der Waals surface area (Å²) >= 11 is 0. The van der Waals surface area contributed by atoms with Gasteiger partial charge < -0.3 is 9.64 Å². The van der Waals surface area contributed by atoms with Gasteiger partial charge in [-0.25, -0.2) is 0 Å². The van der Waals surface area contributed by atoms with Gasteiger partial charge >= 0.3 is 0 Å². The monoisotopic (exact) mass is 313 g/mol. The van der Waals surface area contributed by atoms with Crippen LogP contribution in [0.25, 0.3) is 0 Å². The van der Waals surface area contributed by atoms with Crippen LogP contribution in [-0.2, 0) is 5.41 Å². The number of anilines is 3. The molecule has 0 saturated carbocycles. The molecule has 0 N–H and O–H groups in total. The van der Waals surface area contributed by atoms with E-state index in [2.05, 4.69) is 74.2 Å². The van der Waals surface area contributed by atoms with Gasteiger partial charge in [0.1, 0.15) is 0 Å². The number of para-hydroxylation sites is 3. The molecule has 118 valence electrons. The van der Waals surface area contributed by atoms with Gasteiger partial charge in [0.05, 0.1) is 17.1 Å². The highest BCUT2D eigenvalue weighted by molar-refractivity contribution is 5.93. The molecule has 2 nitrogen and oxygen atoms in total. The van der Waals surface area contributed by atoms with Gasteiger partial charge in [-0.2, -0.15) is 0 Å². The normalized spacial score (nSPS) is 15.9. The molecule has 2 aliphatic heterocycles. The van der Waals surface area contributed by atoms with Gasteiger partial charge in [0.2, 0.25) is 0 Å². The number of fused-ring (bicyclic) bond motifs is 4. The Balaban J connectivity index is 1.93. The van der Waals surface area contributed by atoms with Gasteiger partial charge in [0, 0.05) is 5.41 Å². The summed E-state index contributed by atoms with van der Waals surface area (Å²) in [4.78, 5) is 2.36. The van der Waals surface area contributed by atoms with Crippen molar-refractivity contribution in [1.82, 2.24) is 0 Å². The zero-order valence-electron chi connectivity index (χ0n) is 14.1. The highest BCUT2D eigenvalue weighted by Crippen LogP contribution is 2.59. The lowest BCUT2D eigenvalue weighted by atomic mass is 9.72. The zero-order chi connectivity index (χ0) is 16.5. The first kappa shape index (κ1) is 13.7. The quantitative estimate of drug-likeness (QED) is 0.382. The van der Waals surface area contributed by atoms with E-state index in [0.717, 1.165) is 17.2 Å². The fourth-order valence-electron chi connectivity index (χ4n) is 4.09. The van der Waals surface area contributed by atoms with E-state index in [1.165, 1.54) is 28.1 Å². The van der Waals surface area contributed by atoms with Crippen LogP contribution in [0.2, 0.25) is 0 Å². The van der Waals surface area contributed by atoms with Crippen LogP contribution < -0.4 is 9.64 Å². The first-order valence-corrected chi connectivity index (χ1v) is 8.39. The Morgan fingerprint density at radius 1 is 0.792 bits per heavy atom. The van der Waals surface area contributed by atoms with Crippen LogP contribution >= 0.6 is 0 Å². The van der Waals surface area contributed by atoms with Crippen LogP contribution in [0.4, 0.5) is 17.1 Å². The molecule has 0 atom stereocenters. The van der Waals surface area contributed by atoms with Crippen molar-refractivity contribution in [2.24, 2.45) is 0 Å². The summed E-state index contributed by atoms with van der Waals surface area (Å²) in [6.45, 7) is 6.75. The number of hydrogen-bond donors (Lipinski definition) is 0. The number of ether oxygens (including phenoxy) is 1. The van der Waals surface area contributed by atoms with Crippen molar-refractivity contribution in [3.05, 3.63) is 77.4 Å². The van der Waals surface area contributed by atoms with Crippen molar-refractivity contribution in [2.75, 3.05) is 4.90 Å². The lowest BCUT2D eigenvalue weighted by Gasteiger charge is -2.45. The van der Waals surface area contributed by atoms with E-state index in [-0.39, 0.29) is 5.41 Å². The SMILES string of the molecule is Cc1cc2c3c(c1)C(C)(C)c1ccccc1N3c1ccccc1O2. The number of benzene rings is 3. The highest BCUT2D eigenvalue weighted by Gasteiger charge is 2.41. The largest absolute Gasteiger partial charge is 0.453 e. The molecule has 2 heterocycles. The van der Waals surface area contributed by atoms with E-state index in [9.17, 15) is 0 Å². The minimum Gasteiger partial charge on any atom is -0.453 e. The predicted molar refractivity (Wildman–Crippen MR) is 98.1 cm³/mol. The van der Waals surface area contributed by atoms with Crippen LogP contribution in [0.1, 0.15) is 30.5 Å². The van der Waals surface area contributed by atoms with E-state index in [4.69, 9.17) is 4.74 Å². The average Bonchev–Trinajstić information content (AvgIpc) is 2.58. The molecule has 2 heteroatoms. The topological polar surface area (TPSA) is 12.5 Å². The summed E-state index contributed by atoms with van der Waals surface area (Å²) in [6.07, 6.45) is 0. The van der Waals surface area contributed by atoms with Crippen LogP contribution in [0.5, 0.6) is 11.5 Å². The van der Waals surface area contributed by atoms with Crippen LogP contribution in [0.3, 0.4) is 0 Å². The Morgan fingerprint density at radius 2 is 1.50 bits per heavy atom. The fraction of sp³-hybridized carbons (Fsp3) is 0.182. The van der Waals surface area contributed by atoms with Crippen molar-refractivity contribution in [3.63, 3.8) is 0 Å². The third-order valence-electron chi connectivity index (χ3n) is 5.26. The van der Waals surface area contributed by atoms with E-state index in [1.54, 1.807) is 0 Å². The van der Waals surface area contributed by atoms with Gasteiger partial charge in [-0.15, -0.1) is 0 Å². The van der Waals surface area contributed by atoms with Crippen LogP contribution in [-0.4, -0.2) is 0 Å². The second kappa shape index (κ2) is 4.41. The van der Waals surface area contributed by atoms with Crippen molar-refractivity contribution in [3.8, 4) is 11.5 Å². The standard InChI is InChI=1S/C22H19NO/c1-14-12-16-21-20(13-14)24-19-11-7-6-10-18(19)23(21)17-9-5-4-8-15(17)22(16,2)3/h4-13H,1-3H3. The molecule has 0 unspecified atom stereocenters. The van der Waals surface area contributed by atoms with Crippen molar-refractivity contribution in [2.45, 2.75) is 26.2 Å². The second-order valence-electron chi connectivity index (χ2n) is 7.21. The zero-order valence-corrected chi connectivity index (χ0v) is 14.1. The molecule has 24 heavy (non-hydrogen) atoms. The molecule has 2 aliphatic rings. The summed E-state index contributed by atoms with van der Waals surface area (Å²) in [5, 5.41) is 0. The van der Waals surface area contributed by atoms with Gasteiger partial charge in [-0.1, -0.05) is 50.2 Å². The van der Waals surface area contributed by atoms with Gasteiger partial charge in [0.15, 0.2) is 11.5 Å². The number of nitrogens with zero attached hydrogens (tertiary/aromatic N) is 1. The molecule has 0 spiro atoms. The Hall–Kier alpha value is -2.74. The number of hydrogen-bond acceptors (Lipinski definition) is 2. The number of rotatable bonds is 0. The summed E-state index contributed by atoms with van der Waals surface area (Å²) in [5.74, 6) is 1.86. The van der Waals surface area contributed by atoms with E-state index >= 15 is 0 Å². The first-order chi connectivity index (χ1) is 11.6. The Morgan fingerprint density at radius 3 is 2.33 bits per heavy atom. The fourth-order valence-corrected chi connectivity index (χ4v) is 4.09. The van der Waals surface area contributed by atoms with Crippen molar-refractivity contribution < 1.29 is 4.74 Å². The predicted octanol–water partition coefficient (Wildman–Crippen LogP) is 6.21. The summed E-state index contributed by atoms with van der Waals surface area (Å²) in [6, 6.07) is 21.4. The van der Waals surface area contributed by atoms with Crippen LogP contribution in [0.15, 0.2) is 60.7 Å². The molecular weight excluding hydrogens is 294 g/mol. The maximum atomic E-state index is 6.27. The van der Waals surface area contributed by atoms with Crippen molar-refractivity contribution in [1.29, 1.82) is 0 Å². The Kier molecular flexibility index (Phi) is 2.52. The van der Waals surface area contributed by atoms with Gasteiger partial charge in [-0.05, 0) is 47.9 Å². The lowest BCUT2D eigenvalue weighted by molar-refractivity contribution is 0.471. The number of aryl methyl sites for hydroxylation is 1. The molecule has 0 aliphatic carbocycles. The van der Waals surface area contributed by atoms with Crippen molar-refractivity contribution >= 4 is 17.1 Å². The highest BCUT2D eigenvalue weighted by atomic mass is 16.5. The summed E-state index contributed by atoms with van der Waals surface area (Å²) in [7, 11) is 0.